The number of carbonyl (C=O) groups is 1. The number of benzene rings is 1. The summed E-state index contributed by atoms with van der Waals surface area (Å²) in [5, 5.41) is 14.3. The van der Waals surface area contributed by atoms with Gasteiger partial charge in [-0.25, -0.2) is 0 Å². The van der Waals surface area contributed by atoms with Crippen LogP contribution in [-0.2, 0) is 11.3 Å². The quantitative estimate of drug-likeness (QED) is 0.605. The lowest BCUT2D eigenvalue weighted by Gasteiger charge is -2.07. The maximum Gasteiger partial charge on any atom is 0.231 e. The Morgan fingerprint density at radius 1 is 1.30 bits per heavy atom. The van der Waals surface area contributed by atoms with E-state index in [0.29, 0.717) is 29.4 Å². The van der Waals surface area contributed by atoms with E-state index in [1.54, 1.807) is 29.5 Å². The minimum atomic E-state index is -0.0533. The number of nitrogens with one attached hydrogen (secondary N) is 1. The molecule has 0 radical (unpaired) electrons. The van der Waals surface area contributed by atoms with E-state index in [1.807, 2.05) is 17.5 Å². The number of amides is 1. The lowest BCUT2D eigenvalue weighted by molar-refractivity contribution is -0.115. The molecule has 0 fully saturated rings. The summed E-state index contributed by atoms with van der Waals surface area (Å²) in [6.45, 7) is 3.07. The summed E-state index contributed by atoms with van der Waals surface area (Å²) in [6.07, 6.45) is 0.379. The fourth-order valence-electron chi connectivity index (χ4n) is 2.70. The summed E-state index contributed by atoms with van der Waals surface area (Å²) in [6, 6.07) is 9.41. The Kier molecular flexibility index (Phi) is 5.30. The molecule has 9 heteroatoms. The molecule has 27 heavy (non-hydrogen) atoms. The van der Waals surface area contributed by atoms with Crippen LogP contribution in [0.2, 0.25) is 0 Å². The minimum Gasteiger partial charge on any atom is -0.454 e. The number of thioether (sulfide) groups is 1. The fraction of sp³-hybridized carbons (Fsp3) is 0.278. The Labute approximate surface area is 164 Å². The first-order valence-corrected chi connectivity index (χ1v) is 10.4. The SMILES string of the molecule is CCn1c(SCCC(=O)Nc2ccc3c(c2)OCO3)nnc1-c1cccs1. The maximum absolute atomic E-state index is 12.2. The fourth-order valence-corrected chi connectivity index (χ4v) is 4.36. The molecule has 2 aromatic heterocycles. The number of fused-ring (bicyclic) bond motifs is 1. The summed E-state index contributed by atoms with van der Waals surface area (Å²) in [7, 11) is 0. The van der Waals surface area contributed by atoms with E-state index in [1.165, 1.54) is 11.8 Å². The highest BCUT2D eigenvalue weighted by Crippen LogP contribution is 2.34. The van der Waals surface area contributed by atoms with Crippen molar-refractivity contribution < 1.29 is 14.3 Å². The molecule has 0 saturated heterocycles. The van der Waals surface area contributed by atoms with Crippen LogP contribution < -0.4 is 14.8 Å². The lowest BCUT2D eigenvalue weighted by Crippen LogP contribution is -2.12. The average molecular weight is 403 g/mol. The van der Waals surface area contributed by atoms with Crippen LogP contribution in [0.1, 0.15) is 13.3 Å². The molecule has 0 bridgehead atoms. The average Bonchev–Trinajstić information content (AvgIpc) is 3.41. The Hall–Kier alpha value is -2.52. The number of rotatable bonds is 7. The largest absolute Gasteiger partial charge is 0.454 e. The van der Waals surface area contributed by atoms with Crippen LogP contribution >= 0.6 is 23.1 Å². The number of thiophene rings is 1. The molecule has 1 aliphatic rings. The standard InChI is InChI=1S/C18H18N4O3S2/c1-2-22-17(15-4-3-8-26-15)20-21-18(22)27-9-7-16(23)19-12-5-6-13-14(10-12)25-11-24-13/h3-6,8,10H,2,7,9,11H2,1H3,(H,19,23). The van der Waals surface area contributed by atoms with E-state index in [9.17, 15) is 4.79 Å². The predicted octanol–water partition coefficient (Wildman–Crippen LogP) is 3.88. The second-order valence-corrected chi connectivity index (χ2v) is 7.75. The topological polar surface area (TPSA) is 78.3 Å². The van der Waals surface area contributed by atoms with Gasteiger partial charge >= 0.3 is 0 Å². The van der Waals surface area contributed by atoms with Gasteiger partial charge in [0, 0.05) is 30.5 Å². The monoisotopic (exact) mass is 402 g/mol. The Bertz CT molecular complexity index is 940. The molecular weight excluding hydrogens is 384 g/mol. The normalized spacial score (nSPS) is 12.3. The van der Waals surface area contributed by atoms with Crippen molar-refractivity contribution in [1.29, 1.82) is 0 Å². The van der Waals surface area contributed by atoms with Crippen molar-refractivity contribution in [1.82, 2.24) is 14.8 Å². The Morgan fingerprint density at radius 2 is 2.19 bits per heavy atom. The van der Waals surface area contributed by atoms with Gasteiger partial charge in [-0.3, -0.25) is 4.79 Å². The van der Waals surface area contributed by atoms with Crippen LogP contribution in [-0.4, -0.2) is 33.2 Å². The number of hydrogen-bond acceptors (Lipinski definition) is 7. The van der Waals surface area contributed by atoms with Crippen molar-refractivity contribution in [2.75, 3.05) is 17.9 Å². The maximum atomic E-state index is 12.2. The van der Waals surface area contributed by atoms with Gasteiger partial charge in [-0.15, -0.1) is 21.5 Å². The van der Waals surface area contributed by atoms with Crippen molar-refractivity contribution in [3.63, 3.8) is 0 Å². The van der Waals surface area contributed by atoms with Crippen LogP contribution in [0.3, 0.4) is 0 Å². The zero-order chi connectivity index (χ0) is 18.6. The summed E-state index contributed by atoms with van der Waals surface area (Å²) >= 11 is 3.18. The summed E-state index contributed by atoms with van der Waals surface area (Å²) in [4.78, 5) is 13.3. The van der Waals surface area contributed by atoms with Crippen molar-refractivity contribution in [3.05, 3.63) is 35.7 Å². The second kappa shape index (κ2) is 8.01. The van der Waals surface area contributed by atoms with Crippen molar-refractivity contribution >= 4 is 34.7 Å². The molecule has 0 atom stereocenters. The third-order valence-electron chi connectivity index (χ3n) is 3.99. The van der Waals surface area contributed by atoms with Gasteiger partial charge in [-0.2, -0.15) is 0 Å². The molecule has 4 rings (SSSR count). The van der Waals surface area contributed by atoms with Crippen molar-refractivity contribution in [3.8, 4) is 22.2 Å². The van der Waals surface area contributed by atoms with Gasteiger partial charge < -0.3 is 19.4 Å². The minimum absolute atomic E-state index is 0.0533. The number of aromatic nitrogens is 3. The smallest absolute Gasteiger partial charge is 0.231 e. The molecule has 1 aromatic carbocycles. The highest BCUT2D eigenvalue weighted by molar-refractivity contribution is 7.99. The lowest BCUT2D eigenvalue weighted by atomic mass is 10.2. The first kappa shape index (κ1) is 17.9. The second-order valence-electron chi connectivity index (χ2n) is 5.74. The van der Waals surface area contributed by atoms with E-state index in [4.69, 9.17) is 9.47 Å². The molecule has 1 N–H and O–H groups in total. The molecular formula is C18H18N4O3S2. The van der Waals surface area contributed by atoms with E-state index in [2.05, 4.69) is 27.0 Å². The van der Waals surface area contributed by atoms with E-state index in [0.717, 1.165) is 22.4 Å². The van der Waals surface area contributed by atoms with Gasteiger partial charge in [0.15, 0.2) is 22.5 Å². The van der Waals surface area contributed by atoms with Gasteiger partial charge in [0.05, 0.1) is 4.88 Å². The van der Waals surface area contributed by atoms with Gasteiger partial charge in [0.25, 0.3) is 0 Å². The Morgan fingerprint density at radius 3 is 3.00 bits per heavy atom. The number of anilines is 1. The number of carbonyl (C=O) groups excluding carboxylic acids is 1. The highest BCUT2D eigenvalue weighted by Gasteiger charge is 2.16. The summed E-state index contributed by atoms with van der Waals surface area (Å²) in [5.41, 5.74) is 0.700. The highest BCUT2D eigenvalue weighted by atomic mass is 32.2. The molecule has 1 amide bonds. The summed E-state index contributed by atoms with van der Waals surface area (Å²) in [5.74, 6) is 2.80. The van der Waals surface area contributed by atoms with Crippen LogP contribution in [0.5, 0.6) is 11.5 Å². The van der Waals surface area contributed by atoms with Crippen LogP contribution in [0, 0.1) is 0 Å². The molecule has 3 aromatic rings. The molecule has 0 saturated carbocycles. The molecule has 7 nitrogen and oxygen atoms in total. The number of nitrogens with zero attached hydrogens (tertiary/aromatic N) is 3. The van der Waals surface area contributed by atoms with Gasteiger partial charge in [-0.05, 0) is 30.5 Å². The van der Waals surface area contributed by atoms with Crippen LogP contribution in [0.25, 0.3) is 10.7 Å². The Balaban J connectivity index is 1.32. The zero-order valence-corrected chi connectivity index (χ0v) is 16.3. The molecule has 1 aliphatic heterocycles. The predicted molar refractivity (Wildman–Crippen MR) is 106 cm³/mol. The van der Waals surface area contributed by atoms with Crippen LogP contribution in [0.15, 0.2) is 40.9 Å². The number of hydrogen-bond donors (Lipinski definition) is 1. The van der Waals surface area contributed by atoms with Crippen molar-refractivity contribution in [2.24, 2.45) is 0 Å². The summed E-state index contributed by atoms with van der Waals surface area (Å²) < 4.78 is 12.7. The molecule has 0 spiro atoms. The third kappa shape index (κ3) is 3.93. The zero-order valence-electron chi connectivity index (χ0n) is 14.7. The molecule has 0 unspecified atom stereocenters. The van der Waals surface area contributed by atoms with E-state index in [-0.39, 0.29) is 12.7 Å². The van der Waals surface area contributed by atoms with Gasteiger partial charge in [0.1, 0.15) is 0 Å². The van der Waals surface area contributed by atoms with E-state index >= 15 is 0 Å². The first-order chi connectivity index (χ1) is 13.2. The third-order valence-corrected chi connectivity index (χ3v) is 5.83. The van der Waals surface area contributed by atoms with E-state index < -0.39 is 0 Å². The van der Waals surface area contributed by atoms with Crippen LogP contribution in [0.4, 0.5) is 5.69 Å². The van der Waals surface area contributed by atoms with Crippen molar-refractivity contribution in [2.45, 2.75) is 25.0 Å². The number of ether oxygens (including phenoxy) is 2. The van der Waals surface area contributed by atoms with Gasteiger partial charge in [0.2, 0.25) is 12.7 Å². The molecule has 140 valence electrons. The first-order valence-electron chi connectivity index (χ1n) is 8.54. The van der Waals surface area contributed by atoms with Gasteiger partial charge in [-0.1, -0.05) is 17.8 Å². The molecule has 0 aliphatic carbocycles. The molecule has 3 heterocycles.